The van der Waals surface area contributed by atoms with E-state index in [-0.39, 0.29) is 18.9 Å². The van der Waals surface area contributed by atoms with E-state index in [1.165, 1.54) is 11.8 Å². The number of aliphatic hydroxyl groups excluding tert-OH is 1. The number of esters is 2. The average molecular weight is 215 g/mol. The average Bonchev–Trinajstić information content (AvgIpc) is 2.46. The molecule has 1 rings (SSSR count). The number of amides is 1. The Kier molecular flexibility index (Phi) is 3.41. The van der Waals surface area contributed by atoms with Gasteiger partial charge in [0.25, 0.3) is 0 Å². The molecule has 6 nitrogen and oxygen atoms in total. The van der Waals surface area contributed by atoms with Gasteiger partial charge in [0, 0.05) is 26.8 Å². The van der Waals surface area contributed by atoms with Gasteiger partial charge in [0.05, 0.1) is 6.10 Å². The van der Waals surface area contributed by atoms with Crippen molar-refractivity contribution in [3.05, 3.63) is 0 Å². The second-order valence-corrected chi connectivity index (χ2v) is 3.49. The Labute approximate surface area is 86.8 Å². The number of β-amino-alcohol motifs (C(OH)–C–C–N with tert-alkyl or cyclic N) is 1. The Hall–Kier alpha value is -1.43. The summed E-state index contributed by atoms with van der Waals surface area (Å²) in [6.07, 6.45) is -0.621. The lowest BCUT2D eigenvalue weighted by atomic mass is 10.2. The zero-order valence-electron chi connectivity index (χ0n) is 8.60. The molecule has 15 heavy (non-hydrogen) atoms. The second kappa shape index (κ2) is 4.39. The molecule has 6 heteroatoms. The van der Waals surface area contributed by atoms with Crippen LogP contribution in [0.5, 0.6) is 0 Å². The summed E-state index contributed by atoms with van der Waals surface area (Å²) in [6.45, 7) is 2.51. The first-order valence-electron chi connectivity index (χ1n) is 4.59. The Balaban J connectivity index is 2.70. The third kappa shape index (κ3) is 2.76. The summed E-state index contributed by atoms with van der Waals surface area (Å²) in [6, 6.07) is -0.846. The Bertz CT molecular complexity index is 301. The number of carbonyl (C=O) groups excluding carboxylic acids is 3. The topological polar surface area (TPSA) is 83.9 Å². The molecule has 1 heterocycles. The van der Waals surface area contributed by atoms with Crippen molar-refractivity contribution in [1.82, 2.24) is 4.90 Å². The highest BCUT2D eigenvalue weighted by atomic mass is 16.6. The maximum atomic E-state index is 11.4. The molecule has 1 aliphatic heterocycles. The number of nitrogens with zero attached hydrogens (tertiary/aromatic N) is 1. The normalized spacial score (nSPS) is 25.1. The van der Waals surface area contributed by atoms with Gasteiger partial charge in [-0.05, 0) is 0 Å². The molecule has 0 unspecified atom stereocenters. The lowest BCUT2D eigenvalue weighted by Gasteiger charge is -2.20. The summed E-state index contributed by atoms with van der Waals surface area (Å²) in [5, 5.41) is 9.32. The molecule has 0 bridgehead atoms. The van der Waals surface area contributed by atoms with E-state index in [4.69, 9.17) is 0 Å². The van der Waals surface area contributed by atoms with Crippen LogP contribution in [-0.2, 0) is 19.1 Å². The summed E-state index contributed by atoms with van der Waals surface area (Å²) >= 11 is 0. The first kappa shape index (κ1) is 11.6. The highest BCUT2D eigenvalue weighted by Gasteiger charge is 2.38. The van der Waals surface area contributed by atoms with Crippen LogP contribution < -0.4 is 0 Å². The minimum absolute atomic E-state index is 0.104. The molecule has 0 spiro atoms. The van der Waals surface area contributed by atoms with Crippen molar-refractivity contribution in [1.29, 1.82) is 0 Å². The van der Waals surface area contributed by atoms with E-state index in [1.54, 1.807) is 0 Å². The first-order chi connectivity index (χ1) is 6.91. The third-order valence-corrected chi connectivity index (χ3v) is 2.20. The molecular weight excluding hydrogens is 202 g/mol. The molecule has 84 valence electrons. The molecule has 1 amide bonds. The minimum Gasteiger partial charge on any atom is -0.392 e. The zero-order chi connectivity index (χ0) is 11.6. The number of rotatable bonds is 1. The molecule has 1 fully saturated rings. The van der Waals surface area contributed by atoms with Crippen LogP contribution in [0, 0.1) is 0 Å². The number of ether oxygens (including phenoxy) is 1. The molecule has 1 N–H and O–H groups in total. The van der Waals surface area contributed by atoms with Gasteiger partial charge in [-0.2, -0.15) is 0 Å². The lowest BCUT2D eigenvalue weighted by molar-refractivity contribution is -0.163. The fourth-order valence-electron chi connectivity index (χ4n) is 1.59. The number of likely N-dealkylation sites (tertiary alicyclic amines) is 1. The van der Waals surface area contributed by atoms with Crippen molar-refractivity contribution < 1.29 is 24.2 Å². The second-order valence-electron chi connectivity index (χ2n) is 3.49. The van der Waals surface area contributed by atoms with Gasteiger partial charge >= 0.3 is 11.9 Å². The number of carbonyl (C=O) groups is 3. The van der Waals surface area contributed by atoms with Crippen molar-refractivity contribution in [2.75, 3.05) is 6.54 Å². The molecule has 0 aromatic heterocycles. The van der Waals surface area contributed by atoms with E-state index in [9.17, 15) is 19.5 Å². The molecule has 0 aromatic carbocycles. The molecule has 0 aliphatic carbocycles. The predicted molar refractivity (Wildman–Crippen MR) is 48.6 cm³/mol. The summed E-state index contributed by atoms with van der Waals surface area (Å²) in [4.78, 5) is 34.2. The highest BCUT2D eigenvalue weighted by Crippen LogP contribution is 2.19. The Morgan fingerprint density at radius 3 is 2.40 bits per heavy atom. The van der Waals surface area contributed by atoms with Crippen LogP contribution in [-0.4, -0.2) is 46.5 Å². The van der Waals surface area contributed by atoms with Crippen molar-refractivity contribution in [2.24, 2.45) is 0 Å². The van der Waals surface area contributed by atoms with E-state index >= 15 is 0 Å². The van der Waals surface area contributed by atoms with Crippen molar-refractivity contribution >= 4 is 17.8 Å². The van der Waals surface area contributed by atoms with Gasteiger partial charge in [-0.3, -0.25) is 9.59 Å². The van der Waals surface area contributed by atoms with Gasteiger partial charge in [-0.25, -0.2) is 4.79 Å². The highest BCUT2D eigenvalue weighted by molar-refractivity contribution is 5.90. The molecule has 1 saturated heterocycles. The van der Waals surface area contributed by atoms with Gasteiger partial charge in [0.2, 0.25) is 5.91 Å². The number of hydrogen-bond donors (Lipinski definition) is 1. The number of aliphatic hydroxyl groups is 1. The van der Waals surface area contributed by atoms with Crippen molar-refractivity contribution in [2.45, 2.75) is 32.4 Å². The van der Waals surface area contributed by atoms with Crippen molar-refractivity contribution in [3.8, 4) is 0 Å². The largest absolute Gasteiger partial charge is 0.392 e. The number of hydrogen-bond acceptors (Lipinski definition) is 5. The van der Waals surface area contributed by atoms with Crippen LogP contribution in [0.15, 0.2) is 0 Å². The van der Waals surface area contributed by atoms with E-state index < -0.39 is 24.1 Å². The van der Waals surface area contributed by atoms with Crippen LogP contribution in [0.3, 0.4) is 0 Å². The Morgan fingerprint density at radius 1 is 1.33 bits per heavy atom. The predicted octanol–water partition coefficient (Wildman–Crippen LogP) is -0.942. The molecule has 1 aliphatic rings. The van der Waals surface area contributed by atoms with Gasteiger partial charge in [-0.1, -0.05) is 0 Å². The van der Waals surface area contributed by atoms with Crippen LogP contribution in [0.2, 0.25) is 0 Å². The SMILES string of the molecule is CC(=O)OC(=O)[C@@H]1C[C@@H](O)CN1C(C)=O. The fourth-order valence-corrected chi connectivity index (χ4v) is 1.59. The van der Waals surface area contributed by atoms with Gasteiger partial charge in [0.15, 0.2) is 0 Å². The standard InChI is InChI=1S/C9H13NO5/c1-5(11)10-4-7(13)3-8(10)9(14)15-6(2)12/h7-8,13H,3-4H2,1-2H3/t7-,8+/m1/s1. The zero-order valence-corrected chi connectivity index (χ0v) is 8.60. The lowest BCUT2D eigenvalue weighted by Crippen LogP contribution is -2.40. The van der Waals surface area contributed by atoms with Gasteiger partial charge in [0.1, 0.15) is 6.04 Å². The van der Waals surface area contributed by atoms with Crippen LogP contribution in [0.25, 0.3) is 0 Å². The van der Waals surface area contributed by atoms with E-state index in [2.05, 4.69) is 4.74 Å². The van der Waals surface area contributed by atoms with Gasteiger partial charge in [-0.15, -0.1) is 0 Å². The van der Waals surface area contributed by atoms with Gasteiger partial charge < -0.3 is 14.7 Å². The fraction of sp³-hybridized carbons (Fsp3) is 0.667. The maximum Gasteiger partial charge on any atom is 0.336 e. The maximum absolute atomic E-state index is 11.4. The molecule has 0 radical (unpaired) electrons. The van der Waals surface area contributed by atoms with E-state index in [0.29, 0.717) is 0 Å². The molecule has 2 atom stereocenters. The first-order valence-corrected chi connectivity index (χ1v) is 4.59. The van der Waals surface area contributed by atoms with Crippen LogP contribution >= 0.6 is 0 Å². The van der Waals surface area contributed by atoms with Crippen LogP contribution in [0.4, 0.5) is 0 Å². The molecule has 0 aromatic rings. The summed E-state index contributed by atoms with van der Waals surface area (Å²) in [5.41, 5.74) is 0. The third-order valence-electron chi connectivity index (χ3n) is 2.20. The molecule has 0 saturated carbocycles. The summed E-state index contributed by atoms with van der Waals surface area (Å²) in [7, 11) is 0. The van der Waals surface area contributed by atoms with E-state index in [0.717, 1.165) is 6.92 Å². The minimum atomic E-state index is -0.846. The summed E-state index contributed by atoms with van der Waals surface area (Å²) < 4.78 is 4.38. The van der Waals surface area contributed by atoms with Crippen molar-refractivity contribution in [3.63, 3.8) is 0 Å². The quantitative estimate of drug-likeness (QED) is 0.450. The monoisotopic (exact) mass is 215 g/mol. The van der Waals surface area contributed by atoms with E-state index in [1.807, 2.05) is 0 Å². The molecular formula is C9H13NO5. The summed E-state index contributed by atoms with van der Waals surface area (Å²) in [5.74, 6) is -1.82. The van der Waals surface area contributed by atoms with Crippen LogP contribution in [0.1, 0.15) is 20.3 Å². The Morgan fingerprint density at radius 2 is 1.93 bits per heavy atom. The smallest absolute Gasteiger partial charge is 0.336 e.